The molecule has 0 saturated heterocycles. The molecule has 0 aromatic heterocycles. The van der Waals surface area contributed by atoms with E-state index >= 15 is 0 Å². The Kier molecular flexibility index (Phi) is 29.3. The third-order valence-electron chi connectivity index (χ3n) is 8.68. The normalized spacial score (nSPS) is 15.2. The summed E-state index contributed by atoms with van der Waals surface area (Å²) in [6.07, 6.45) is -1.55. The van der Waals surface area contributed by atoms with Crippen LogP contribution in [0.3, 0.4) is 0 Å². The number of carbonyl (C=O) groups is 4. The van der Waals surface area contributed by atoms with Gasteiger partial charge in [-0.1, -0.05) is 97.1 Å². The Morgan fingerprint density at radius 2 is 0.857 bits per heavy atom. The van der Waals surface area contributed by atoms with E-state index in [1.165, 1.54) is 0 Å². The summed E-state index contributed by atoms with van der Waals surface area (Å²) in [6, 6.07) is 10.6. The number of halogens is 4. The number of rotatable bonds is 24. The molecule has 14 nitrogen and oxygen atoms in total. The van der Waals surface area contributed by atoms with Crippen molar-refractivity contribution in [2.45, 2.75) is 126 Å². The maximum atomic E-state index is 11.1. The van der Waals surface area contributed by atoms with Crippen LogP contribution in [0, 0.1) is 0 Å². The largest absolute Gasteiger partial charge is 1.00 e. The summed E-state index contributed by atoms with van der Waals surface area (Å²) >= 11 is 23.9. The van der Waals surface area contributed by atoms with Crippen LogP contribution in [0.15, 0.2) is 36.4 Å². The van der Waals surface area contributed by atoms with Crippen molar-refractivity contribution in [2.24, 2.45) is 0 Å². The van der Waals surface area contributed by atoms with Crippen molar-refractivity contribution in [3.63, 3.8) is 0 Å². The van der Waals surface area contributed by atoms with Crippen LogP contribution in [0.1, 0.15) is 88.2 Å². The predicted octanol–water partition coefficient (Wildman–Crippen LogP) is -3.66. The number of aryl methyl sites for hydroxylation is 2. The van der Waals surface area contributed by atoms with E-state index in [-0.39, 0.29) is 72.0 Å². The number of carbonyl (C=O) groups excluding carboxylic acids is 2. The number of carboxylic acids is 4. The minimum Gasteiger partial charge on any atom is -0.547 e. The number of unbranched alkanes of at least 4 members (excludes halogenated alkanes) is 6. The molecule has 2 aromatic rings. The van der Waals surface area contributed by atoms with Crippen molar-refractivity contribution < 1.29 is 129 Å². The number of aliphatic hydroxyl groups is 6. The molecule has 6 atom stereocenters. The number of carboxylic acid groups (broad SMARTS) is 4. The van der Waals surface area contributed by atoms with E-state index in [0.717, 1.165) is 62.5 Å². The Balaban J connectivity index is 0. The molecule has 0 spiro atoms. The minimum absolute atomic E-state index is 0. The van der Waals surface area contributed by atoms with Gasteiger partial charge in [0.2, 0.25) is 0 Å². The van der Waals surface area contributed by atoms with Crippen LogP contribution in [0.5, 0.6) is 0 Å². The Hall–Kier alpha value is -0.760. The first-order valence-corrected chi connectivity index (χ1v) is 18.6. The zero-order valence-electron chi connectivity index (χ0n) is 31.2. The maximum Gasteiger partial charge on any atom is 1.00 e. The van der Waals surface area contributed by atoms with Gasteiger partial charge in [0.25, 0.3) is 0 Å². The summed E-state index contributed by atoms with van der Waals surface area (Å²) in [6.45, 7) is 0. The van der Waals surface area contributed by atoms with Crippen LogP contribution in [0.2, 0.25) is 20.1 Å². The molecule has 0 aliphatic carbocycles. The van der Waals surface area contributed by atoms with Gasteiger partial charge in [-0.15, -0.1) is 0 Å². The van der Waals surface area contributed by atoms with Gasteiger partial charge in [-0.3, -0.25) is 0 Å². The molecule has 304 valence electrons. The summed E-state index contributed by atoms with van der Waals surface area (Å²) in [7, 11) is 0. The fourth-order valence-corrected chi connectivity index (χ4v) is 6.50. The van der Waals surface area contributed by atoms with Gasteiger partial charge in [0.15, 0.2) is 11.2 Å². The minimum atomic E-state index is -3.00. The first kappa shape index (κ1) is 57.3. The van der Waals surface area contributed by atoms with Gasteiger partial charge in [-0.25, -0.2) is 9.59 Å². The van der Waals surface area contributed by atoms with E-state index in [9.17, 15) is 60.0 Å². The SMILES string of the molecule is O=C([O-])C(O)C(O)(CC(O)CCCCCCc1ccc(Cl)cc1Cl)C(=O)O.O=C([O-])C(O)C(O)(CC(O)CCCCCCc1ccc(Cl)cc1Cl)C(=O)O.[Na+].[Na+]. The molecule has 0 amide bonds. The number of aliphatic carboxylic acids is 4. The zero-order valence-corrected chi connectivity index (χ0v) is 38.2. The van der Waals surface area contributed by atoms with Gasteiger partial charge >= 0.3 is 71.1 Å². The van der Waals surface area contributed by atoms with Crippen LogP contribution in [0.4, 0.5) is 0 Å². The smallest absolute Gasteiger partial charge is 0.547 e. The first-order valence-electron chi connectivity index (χ1n) is 17.1. The molecule has 20 heteroatoms. The van der Waals surface area contributed by atoms with Crippen LogP contribution >= 0.6 is 46.4 Å². The molecule has 0 bridgehead atoms. The molecule has 0 fully saturated rings. The van der Waals surface area contributed by atoms with Gasteiger partial charge in [0.05, 0.1) is 24.1 Å². The van der Waals surface area contributed by atoms with Gasteiger partial charge in [-0.05, 0) is 73.9 Å². The van der Waals surface area contributed by atoms with E-state index in [0.29, 0.717) is 32.9 Å². The van der Waals surface area contributed by atoms with Crippen molar-refractivity contribution in [1.29, 1.82) is 0 Å². The van der Waals surface area contributed by atoms with Gasteiger partial charge < -0.3 is 60.7 Å². The molecule has 0 heterocycles. The van der Waals surface area contributed by atoms with Gasteiger partial charge in [0, 0.05) is 32.9 Å². The van der Waals surface area contributed by atoms with Gasteiger partial charge in [-0.2, -0.15) is 0 Å². The van der Waals surface area contributed by atoms with E-state index < -0.39 is 72.3 Å². The fourth-order valence-electron chi connectivity index (χ4n) is 5.49. The maximum absolute atomic E-state index is 11.1. The summed E-state index contributed by atoms with van der Waals surface area (Å²) in [5.74, 6) is -8.10. The number of benzene rings is 2. The molecule has 8 N–H and O–H groups in total. The summed E-state index contributed by atoms with van der Waals surface area (Å²) in [5, 5.41) is 99.7. The average Bonchev–Trinajstić information content (AvgIpc) is 3.08. The molecule has 6 unspecified atom stereocenters. The zero-order chi connectivity index (χ0) is 41.2. The van der Waals surface area contributed by atoms with E-state index in [2.05, 4.69) is 0 Å². The monoisotopic (exact) mass is 888 g/mol. The van der Waals surface area contributed by atoms with E-state index in [1.54, 1.807) is 24.3 Å². The van der Waals surface area contributed by atoms with Crippen molar-refractivity contribution >= 4 is 70.3 Å². The Morgan fingerprint density at radius 1 is 0.554 bits per heavy atom. The molecule has 0 saturated carbocycles. The molecule has 56 heavy (non-hydrogen) atoms. The van der Waals surface area contributed by atoms with Crippen molar-refractivity contribution in [1.82, 2.24) is 0 Å². The molecule has 2 aromatic carbocycles. The summed E-state index contributed by atoms with van der Waals surface area (Å²) < 4.78 is 0. The molecular weight excluding hydrogens is 844 g/mol. The van der Waals surface area contributed by atoms with Crippen molar-refractivity contribution in [3.05, 3.63) is 67.6 Å². The summed E-state index contributed by atoms with van der Waals surface area (Å²) in [5.41, 5.74) is -4.01. The van der Waals surface area contributed by atoms with Crippen molar-refractivity contribution in [3.8, 4) is 0 Å². The Bertz CT molecular complexity index is 1430. The quantitative estimate of drug-likeness (QED) is 0.0373. The number of aliphatic hydroxyl groups excluding tert-OH is 4. The second-order valence-corrected chi connectivity index (χ2v) is 14.7. The van der Waals surface area contributed by atoms with Crippen LogP contribution in [-0.2, 0) is 32.0 Å². The fraction of sp³-hybridized carbons (Fsp3) is 0.556. The Labute approximate surface area is 389 Å². The van der Waals surface area contributed by atoms with Crippen LogP contribution in [0.25, 0.3) is 0 Å². The standard InChI is InChI=1S/2C18H24Cl2O7.2Na/c2*19-12-8-7-11(14(20)9-12)5-3-1-2-4-6-13(21)10-18(27,17(25)26)15(22)16(23)24;;/h2*7-9,13,15,21-22,27H,1-6,10H2,(H,23,24)(H,25,26);;/q;;2*+1/p-2. The van der Waals surface area contributed by atoms with Gasteiger partial charge in [0.1, 0.15) is 12.2 Å². The molecule has 0 aliphatic heterocycles. The molecule has 2 rings (SSSR count). The van der Waals surface area contributed by atoms with E-state index in [4.69, 9.17) is 56.6 Å². The number of hydrogen-bond acceptors (Lipinski definition) is 12. The topological polar surface area (TPSA) is 276 Å². The van der Waals surface area contributed by atoms with Crippen LogP contribution in [-0.4, -0.2) is 100 Å². The second kappa shape index (κ2) is 28.7. The Morgan fingerprint density at radius 3 is 1.12 bits per heavy atom. The third kappa shape index (κ3) is 20.0. The predicted molar refractivity (Wildman–Crippen MR) is 195 cm³/mol. The van der Waals surface area contributed by atoms with Crippen LogP contribution < -0.4 is 69.3 Å². The third-order valence-corrected chi connectivity index (χ3v) is 9.86. The second-order valence-electron chi connectivity index (χ2n) is 13.0. The molecule has 0 aliphatic rings. The van der Waals surface area contributed by atoms with Crippen molar-refractivity contribution in [2.75, 3.05) is 0 Å². The summed E-state index contributed by atoms with van der Waals surface area (Å²) in [4.78, 5) is 43.4. The average molecular weight is 891 g/mol. The van der Waals surface area contributed by atoms with E-state index in [1.807, 2.05) is 12.1 Å². The molecular formula is C36H46Cl4Na2O14. The number of hydrogen-bond donors (Lipinski definition) is 8. The first-order chi connectivity index (χ1) is 25.1. The molecule has 0 radical (unpaired) electrons.